The highest BCUT2D eigenvalue weighted by atomic mass is 16.2. The lowest BCUT2D eigenvalue weighted by atomic mass is 9.76. The third-order valence-electron chi connectivity index (χ3n) is 3.42. The van der Waals surface area contributed by atoms with Crippen LogP contribution in [0.25, 0.3) is 0 Å². The second-order valence-electron chi connectivity index (χ2n) is 6.49. The molecule has 3 heteroatoms. The van der Waals surface area contributed by atoms with Crippen molar-refractivity contribution >= 4 is 6.03 Å². The molecule has 3 nitrogen and oxygen atoms in total. The van der Waals surface area contributed by atoms with E-state index in [2.05, 4.69) is 31.4 Å². The van der Waals surface area contributed by atoms with Crippen LogP contribution in [0.3, 0.4) is 0 Å². The van der Waals surface area contributed by atoms with Gasteiger partial charge in [-0.25, -0.2) is 4.79 Å². The average Bonchev–Trinajstić information content (AvgIpc) is 2.19. The summed E-state index contributed by atoms with van der Waals surface area (Å²) in [6.45, 7) is 9.58. The molecule has 0 aromatic heterocycles. The number of carbonyl (C=O) groups is 1. The molecule has 1 fully saturated rings. The summed E-state index contributed by atoms with van der Waals surface area (Å²) in [7, 11) is 0. The summed E-state index contributed by atoms with van der Waals surface area (Å²) in [4.78, 5) is 11.4. The summed E-state index contributed by atoms with van der Waals surface area (Å²) in [5, 5.41) is 5.85. The lowest BCUT2D eigenvalue weighted by Gasteiger charge is -2.32. The highest BCUT2D eigenvalue weighted by Gasteiger charge is 2.25. The summed E-state index contributed by atoms with van der Waals surface area (Å²) in [5.41, 5.74) is 0.435. The molecule has 0 aromatic carbocycles. The Kier molecular flexibility index (Phi) is 5.29. The van der Waals surface area contributed by atoms with Crippen LogP contribution in [0.2, 0.25) is 0 Å². The standard InChI is InChI=1S/C14H28N2O/c1-5-15-13(17)16-12-8-6-11(7-9-12)10-14(2,3)4/h11-12H,5-10H2,1-4H3,(H2,15,16,17). The van der Waals surface area contributed by atoms with Gasteiger partial charge < -0.3 is 10.6 Å². The highest BCUT2D eigenvalue weighted by Crippen LogP contribution is 2.34. The lowest BCUT2D eigenvalue weighted by molar-refractivity contribution is 0.206. The van der Waals surface area contributed by atoms with Crippen LogP contribution in [0.5, 0.6) is 0 Å². The molecule has 0 aliphatic heterocycles. The van der Waals surface area contributed by atoms with E-state index in [4.69, 9.17) is 0 Å². The first-order valence-corrected chi connectivity index (χ1v) is 6.95. The molecule has 0 radical (unpaired) electrons. The van der Waals surface area contributed by atoms with Crippen molar-refractivity contribution in [3.63, 3.8) is 0 Å². The number of amides is 2. The second-order valence-corrected chi connectivity index (χ2v) is 6.49. The maximum absolute atomic E-state index is 11.4. The molecule has 1 aliphatic carbocycles. The van der Waals surface area contributed by atoms with Crippen LogP contribution in [0.15, 0.2) is 0 Å². The van der Waals surface area contributed by atoms with Gasteiger partial charge in [0.05, 0.1) is 0 Å². The zero-order valence-corrected chi connectivity index (χ0v) is 11.8. The molecular formula is C14H28N2O. The van der Waals surface area contributed by atoms with Crippen LogP contribution in [-0.2, 0) is 0 Å². The third-order valence-corrected chi connectivity index (χ3v) is 3.42. The maximum Gasteiger partial charge on any atom is 0.314 e. The molecule has 1 saturated carbocycles. The SMILES string of the molecule is CCNC(=O)NC1CCC(CC(C)(C)C)CC1. The Bertz CT molecular complexity index is 237. The fourth-order valence-corrected chi connectivity index (χ4v) is 2.77. The molecule has 1 aliphatic rings. The lowest BCUT2D eigenvalue weighted by Crippen LogP contribution is -2.43. The van der Waals surface area contributed by atoms with Gasteiger partial charge in [0.25, 0.3) is 0 Å². The van der Waals surface area contributed by atoms with E-state index in [1.807, 2.05) is 6.92 Å². The van der Waals surface area contributed by atoms with Crippen molar-refractivity contribution in [2.75, 3.05) is 6.54 Å². The van der Waals surface area contributed by atoms with Crippen molar-refractivity contribution in [2.24, 2.45) is 11.3 Å². The van der Waals surface area contributed by atoms with E-state index in [1.165, 1.54) is 19.3 Å². The van der Waals surface area contributed by atoms with Crippen LogP contribution in [0.4, 0.5) is 4.79 Å². The predicted molar refractivity (Wildman–Crippen MR) is 72.0 cm³/mol. The molecule has 100 valence electrons. The normalized spacial score (nSPS) is 25.4. The van der Waals surface area contributed by atoms with E-state index in [-0.39, 0.29) is 6.03 Å². The van der Waals surface area contributed by atoms with Crippen molar-refractivity contribution in [3.05, 3.63) is 0 Å². The van der Waals surface area contributed by atoms with Crippen LogP contribution >= 0.6 is 0 Å². The average molecular weight is 240 g/mol. The van der Waals surface area contributed by atoms with Crippen LogP contribution in [-0.4, -0.2) is 18.6 Å². The maximum atomic E-state index is 11.4. The molecule has 1 rings (SSSR count). The zero-order chi connectivity index (χ0) is 12.9. The number of carbonyl (C=O) groups excluding carboxylic acids is 1. The molecule has 0 unspecified atom stereocenters. The predicted octanol–water partition coefficient (Wildman–Crippen LogP) is 3.30. The Balaban J connectivity index is 2.24. The van der Waals surface area contributed by atoms with E-state index in [1.54, 1.807) is 0 Å². The largest absolute Gasteiger partial charge is 0.338 e. The van der Waals surface area contributed by atoms with Gasteiger partial charge in [0, 0.05) is 12.6 Å². The summed E-state index contributed by atoms with van der Waals surface area (Å²) >= 11 is 0. The Morgan fingerprint density at radius 2 is 1.76 bits per heavy atom. The van der Waals surface area contributed by atoms with E-state index >= 15 is 0 Å². The van der Waals surface area contributed by atoms with Gasteiger partial charge in [-0.2, -0.15) is 0 Å². The van der Waals surface area contributed by atoms with Gasteiger partial charge in [-0.1, -0.05) is 20.8 Å². The molecule has 17 heavy (non-hydrogen) atoms. The van der Waals surface area contributed by atoms with Gasteiger partial charge in [0.1, 0.15) is 0 Å². The molecule has 0 heterocycles. The minimum atomic E-state index is -0.00762. The van der Waals surface area contributed by atoms with Gasteiger partial charge in [0.2, 0.25) is 0 Å². The summed E-state index contributed by atoms with van der Waals surface area (Å²) in [6, 6.07) is 0.379. The second kappa shape index (κ2) is 6.27. The Morgan fingerprint density at radius 3 is 2.24 bits per heavy atom. The quantitative estimate of drug-likeness (QED) is 0.781. The highest BCUT2D eigenvalue weighted by molar-refractivity contribution is 5.74. The number of hydrogen-bond donors (Lipinski definition) is 2. The first kappa shape index (κ1) is 14.3. The third kappa shape index (κ3) is 5.94. The molecule has 0 spiro atoms. The number of hydrogen-bond acceptors (Lipinski definition) is 1. The number of nitrogens with one attached hydrogen (secondary N) is 2. The minimum Gasteiger partial charge on any atom is -0.338 e. The molecule has 0 saturated heterocycles. The topological polar surface area (TPSA) is 41.1 Å². The molecule has 2 amide bonds. The van der Waals surface area contributed by atoms with Crippen LogP contribution < -0.4 is 10.6 Å². The van der Waals surface area contributed by atoms with E-state index in [9.17, 15) is 4.79 Å². The van der Waals surface area contributed by atoms with Crippen molar-refractivity contribution in [1.82, 2.24) is 10.6 Å². The minimum absolute atomic E-state index is 0.00762. The first-order valence-electron chi connectivity index (χ1n) is 6.95. The summed E-state index contributed by atoms with van der Waals surface area (Å²) in [6.07, 6.45) is 6.10. The first-order chi connectivity index (χ1) is 7.90. The van der Waals surface area contributed by atoms with Crippen molar-refractivity contribution in [2.45, 2.75) is 65.8 Å². The van der Waals surface area contributed by atoms with Gasteiger partial charge in [-0.15, -0.1) is 0 Å². The van der Waals surface area contributed by atoms with Crippen molar-refractivity contribution in [3.8, 4) is 0 Å². The number of urea groups is 1. The van der Waals surface area contributed by atoms with Gasteiger partial charge >= 0.3 is 6.03 Å². The van der Waals surface area contributed by atoms with Crippen LogP contribution in [0, 0.1) is 11.3 Å². The van der Waals surface area contributed by atoms with E-state index < -0.39 is 0 Å². The fraction of sp³-hybridized carbons (Fsp3) is 0.929. The van der Waals surface area contributed by atoms with Gasteiger partial charge in [0.15, 0.2) is 0 Å². The monoisotopic (exact) mass is 240 g/mol. The van der Waals surface area contributed by atoms with Crippen LogP contribution in [0.1, 0.15) is 59.8 Å². The molecule has 2 N–H and O–H groups in total. The Morgan fingerprint density at radius 1 is 1.18 bits per heavy atom. The summed E-state index contributed by atoms with van der Waals surface area (Å²) < 4.78 is 0. The van der Waals surface area contributed by atoms with Crippen molar-refractivity contribution in [1.29, 1.82) is 0 Å². The molecule has 0 bridgehead atoms. The Labute approximate surface area is 106 Å². The van der Waals surface area contributed by atoms with Crippen molar-refractivity contribution < 1.29 is 4.79 Å². The summed E-state index contributed by atoms with van der Waals surface area (Å²) in [5.74, 6) is 0.849. The van der Waals surface area contributed by atoms with E-state index in [0.29, 0.717) is 18.0 Å². The zero-order valence-electron chi connectivity index (χ0n) is 11.8. The molecular weight excluding hydrogens is 212 g/mol. The van der Waals surface area contributed by atoms with E-state index in [0.717, 1.165) is 18.8 Å². The van der Waals surface area contributed by atoms with Gasteiger partial charge in [-0.3, -0.25) is 0 Å². The Hall–Kier alpha value is -0.730. The number of rotatable bonds is 3. The molecule has 0 atom stereocenters. The fourth-order valence-electron chi connectivity index (χ4n) is 2.77. The smallest absolute Gasteiger partial charge is 0.314 e. The van der Waals surface area contributed by atoms with Gasteiger partial charge in [-0.05, 0) is 50.4 Å². The molecule has 0 aromatic rings.